The fraction of sp³-hybridized carbons (Fsp3) is 0.0667. The molecular weight excluding hydrogens is 252 g/mol. The molecule has 0 aliphatic carbocycles. The number of hydrogen-bond donors (Lipinski definition) is 1. The zero-order chi connectivity index (χ0) is 13.9. The molecule has 0 unspecified atom stereocenters. The zero-order valence-electron chi connectivity index (χ0n) is 11.0. The topological polar surface area (TPSA) is 66.0 Å². The molecule has 0 spiro atoms. The van der Waals surface area contributed by atoms with Gasteiger partial charge in [0.1, 0.15) is 17.1 Å². The fourth-order valence-electron chi connectivity index (χ4n) is 2.07. The zero-order valence-corrected chi connectivity index (χ0v) is 11.0. The van der Waals surface area contributed by atoms with Gasteiger partial charge in [0.05, 0.1) is 7.11 Å². The van der Waals surface area contributed by atoms with Crippen molar-refractivity contribution < 1.29 is 4.74 Å². The third-order valence-electron chi connectivity index (χ3n) is 3.07. The van der Waals surface area contributed by atoms with Crippen LogP contribution in [0.5, 0.6) is 5.75 Å². The van der Waals surface area contributed by atoms with Crippen LogP contribution < -0.4 is 10.5 Å². The van der Waals surface area contributed by atoms with E-state index in [1.165, 1.54) is 0 Å². The van der Waals surface area contributed by atoms with Gasteiger partial charge in [0.15, 0.2) is 5.82 Å². The van der Waals surface area contributed by atoms with Crippen molar-refractivity contribution in [3.8, 4) is 22.7 Å². The minimum absolute atomic E-state index is 0.487. The lowest BCUT2D eigenvalue weighted by Gasteiger charge is -2.08. The minimum atomic E-state index is 0.487. The van der Waals surface area contributed by atoms with E-state index in [0.29, 0.717) is 17.3 Å². The molecule has 2 aromatic carbocycles. The van der Waals surface area contributed by atoms with Gasteiger partial charge in [-0.15, -0.1) is 5.10 Å². The van der Waals surface area contributed by atoms with Crippen LogP contribution in [0, 0.1) is 0 Å². The number of rotatable bonds is 3. The molecule has 0 aliphatic heterocycles. The van der Waals surface area contributed by atoms with E-state index in [9.17, 15) is 0 Å². The summed E-state index contributed by atoms with van der Waals surface area (Å²) < 4.78 is 6.91. The third kappa shape index (κ3) is 1.99. The summed E-state index contributed by atoms with van der Waals surface area (Å²) in [5, 5.41) is 8.30. The summed E-state index contributed by atoms with van der Waals surface area (Å²) in [4.78, 5) is 0. The normalized spacial score (nSPS) is 10.4. The molecule has 5 heteroatoms. The van der Waals surface area contributed by atoms with Crippen molar-refractivity contribution in [1.29, 1.82) is 0 Å². The van der Waals surface area contributed by atoms with E-state index in [1.807, 2.05) is 54.6 Å². The van der Waals surface area contributed by atoms with Crippen molar-refractivity contribution in [2.45, 2.75) is 0 Å². The molecule has 1 heterocycles. The highest BCUT2D eigenvalue weighted by Gasteiger charge is 2.15. The van der Waals surface area contributed by atoms with Gasteiger partial charge in [-0.05, 0) is 12.1 Å². The van der Waals surface area contributed by atoms with Gasteiger partial charge in [0.25, 0.3) is 0 Å². The van der Waals surface area contributed by atoms with Crippen LogP contribution in [-0.4, -0.2) is 22.1 Å². The summed E-state index contributed by atoms with van der Waals surface area (Å²) >= 11 is 0. The molecular formula is C15H14N4O. The van der Waals surface area contributed by atoms with E-state index >= 15 is 0 Å². The van der Waals surface area contributed by atoms with Crippen LogP contribution >= 0.6 is 0 Å². The highest BCUT2D eigenvalue weighted by Crippen LogP contribution is 2.28. The summed E-state index contributed by atoms with van der Waals surface area (Å²) in [6.07, 6.45) is 0. The molecule has 0 radical (unpaired) electrons. The quantitative estimate of drug-likeness (QED) is 0.791. The maximum Gasteiger partial charge on any atom is 0.156 e. The molecule has 0 saturated heterocycles. The Balaban J connectivity index is 2.11. The first-order valence-electron chi connectivity index (χ1n) is 6.21. The lowest BCUT2D eigenvalue weighted by Crippen LogP contribution is -2.04. The summed E-state index contributed by atoms with van der Waals surface area (Å²) in [5.41, 5.74) is 8.54. The summed E-state index contributed by atoms with van der Waals surface area (Å²) in [7, 11) is 1.62. The number of nitrogens with zero attached hydrogens (tertiary/aromatic N) is 3. The van der Waals surface area contributed by atoms with Gasteiger partial charge in [0, 0.05) is 5.56 Å². The van der Waals surface area contributed by atoms with E-state index < -0.39 is 0 Å². The average Bonchev–Trinajstić information content (AvgIpc) is 2.89. The summed E-state index contributed by atoms with van der Waals surface area (Å²) in [6.45, 7) is 0. The van der Waals surface area contributed by atoms with Crippen molar-refractivity contribution in [1.82, 2.24) is 15.0 Å². The molecule has 3 aromatic rings. The maximum atomic E-state index is 6.17. The van der Waals surface area contributed by atoms with Crippen molar-refractivity contribution in [2.24, 2.45) is 0 Å². The molecule has 20 heavy (non-hydrogen) atoms. The van der Waals surface area contributed by atoms with Gasteiger partial charge in [-0.1, -0.05) is 47.7 Å². The van der Waals surface area contributed by atoms with Crippen LogP contribution in [0.15, 0.2) is 54.6 Å². The van der Waals surface area contributed by atoms with E-state index in [1.54, 1.807) is 11.8 Å². The van der Waals surface area contributed by atoms with Crippen molar-refractivity contribution in [3.63, 3.8) is 0 Å². The molecule has 2 N–H and O–H groups in total. The van der Waals surface area contributed by atoms with Crippen LogP contribution in [0.3, 0.4) is 0 Å². The SMILES string of the molecule is COc1ccccc1-n1nnc(-c2ccccc2)c1N. The monoisotopic (exact) mass is 266 g/mol. The Hall–Kier alpha value is -2.82. The summed E-state index contributed by atoms with van der Waals surface area (Å²) in [6, 6.07) is 17.3. The van der Waals surface area contributed by atoms with Crippen LogP contribution in [0.2, 0.25) is 0 Å². The predicted molar refractivity (Wildman–Crippen MR) is 77.8 cm³/mol. The molecule has 3 rings (SSSR count). The van der Waals surface area contributed by atoms with Gasteiger partial charge < -0.3 is 10.5 Å². The van der Waals surface area contributed by atoms with Gasteiger partial charge in [0.2, 0.25) is 0 Å². The number of anilines is 1. The molecule has 0 atom stereocenters. The number of aromatic nitrogens is 3. The van der Waals surface area contributed by atoms with Gasteiger partial charge in [-0.3, -0.25) is 0 Å². The first-order chi connectivity index (χ1) is 9.81. The Kier molecular flexibility index (Phi) is 3.09. The van der Waals surface area contributed by atoms with Crippen LogP contribution in [-0.2, 0) is 0 Å². The van der Waals surface area contributed by atoms with Gasteiger partial charge in [-0.25, -0.2) is 0 Å². The number of para-hydroxylation sites is 2. The molecule has 100 valence electrons. The largest absolute Gasteiger partial charge is 0.494 e. The second-order valence-electron chi connectivity index (χ2n) is 4.27. The Morgan fingerprint density at radius 3 is 2.45 bits per heavy atom. The standard InChI is InChI=1S/C15H14N4O/c1-20-13-10-6-5-9-12(13)19-15(16)14(17-18-19)11-7-3-2-4-8-11/h2-10H,16H2,1H3. The highest BCUT2D eigenvalue weighted by atomic mass is 16.5. The van der Waals surface area contributed by atoms with E-state index in [4.69, 9.17) is 10.5 Å². The first-order valence-corrected chi connectivity index (χ1v) is 6.21. The molecule has 0 bridgehead atoms. The lowest BCUT2D eigenvalue weighted by atomic mass is 10.1. The molecule has 0 aliphatic rings. The van der Waals surface area contributed by atoms with Crippen molar-refractivity contribution >= 4 is 5.82 Å². The molecule has 0 fully saturated rings. The van der Waals surface area contributed by atoms with Crippen LogP contribution in [0.1, 0.15) is 0 Å². The highest BCUT2D eigenvalue weighted by molar-refractivity contribution is 5.71. The van der Waals surface area contributed by atoms with Crippen molar-refractivity contribution in [3.05, 3.63) is 54.6 Å². The summed E-state index contributed by atoms with van der Waals surface area (Å²) in [5.74, 6) is 1.18. The maximum absolute atomic E-state index is 6.17. The average molecular weight is 266 g/mol. The van der Waals surface area contributed by atoms with E-state index in [-0.39, 0.29) is 0 Å². The first kappa shape index (κ1) is 12.2. The Bertz CT molecular complexity index is 722. The molecule has 5 nitrogen and oxygen atoms in total. The number of benzene rings is 2. The lowest BCUT2D eigenvalue weighted by molar-refractivity contribution is 0.411. The van der Waals surface area contributed by atoms with Gasteiger partial charge >= 0.3 is 0 Å². The van der Waals surface area contributed by atoms with Crippen molar-refractivity contribution in [2.75, 3.05) is 12.8 Å². The Morgan fingerprint density at radius 1 is 1.00 bits per heavy atom. The van der Waals surface area contributed by atoms with E-state index in [0.717, 1.165) is 11.3 Å². The number of methoxy groups -OCH3 is 1. The second kappa shape index (κ2) is 5.05. The number of hydrogen-bond acceptors (Lipinski definition) is 4. The molecule has 0 amide bonds. The third-order valence-corrected chi connectivity index (χ3v) is 3.07. The van der Waals surface area contributed by atoms with Crippen LogP contribution in [0.4, 0.5) is 5.82 Å². The number of ether oxygens (including phenoxy) is 1. The Labute approximate surface area is 116 Å². The Morgan fingerprint density at radius 2 is 1.70 bits per heavy atom. The van der Waals surface area contributed by atoms with E-state index in [2.05, 4.69) is 10.3 Å². The van der Waals surface area contributed by atoms with Crippen LogP contribution in [0.25, 0.3) is 16.9 Å². The molecule has 0 saturated carbocycles. The second-order valence-corrected chi connectivity index (χ2v) is 4.27. The number of nitrogen functional groups attached to an aromatic ring is 1. The molecule has 1 aromatic heterocycles. The smallest absolute Gasteiger partial charge is 0.156 e. The number of nitrogens with two attached hydrogens (primary N) is 1. The predicted octanol–water partition coefficient (Wildman–Crippen LogP) is 2.53. The minimum Gasteiger partial charge on any atom is -0.494 e. The fourth-order valence-corrected chi connectivity index (χ4v) is 2.07. The van der Waals surface area contributed by atoms with Gasteiger partial charge in [-0.2, -0.15) is 4.68 Å².